The van der Waals surface area contributed by atoms with Crippen molar-refractivity contribution < 1.29 is 13.2 Å². The summed E-state index contributed by atoms with van der Waals surface area (Å²) < 4.78 is 27.0. The molecule has 2 N–H and O–H groups in total. The van der Waals surface area contributed by atoms with Crippen molar-refractivity contribution in [3.8, 4) is 0 Å². The number of aryl methyl sites for hydroxylation is 1. The zero-order chi connectivity index (χ0) is 20.0. The van der Waals surface area contributed by atoms with Crippen molar-refractivity contribution in [3.05, 3.63) is 84.1 Å². The van der Waals surface area contributed by atoms with Crippen molar-refractivity contribution in [2.45, 2.75) is 13.3 Å². The van der Waals surface area contributed by atoms with Gasteiger partial charge in [-0.05, 0) is 43.2 Å². The normalized spacial score (nSPS) is 11.0. The standard InChI is InChI=1S/C21H21N3O3S/c1-16(25)18-8-5-9-19(14-18)23-20-10-11-21(22-15-20)24-28(26,27)13-12-17-6-3-2-4-7-17/h2-11,14-15,23H,12-13H2,1H3,(H,22,24). The highest BCUT2D eigenvalue weighted by atomic mass is 32.2. The van der Waals surface area contributed by atoms with Crippen LogP contribution in [-0.2, 0) is 16.4 Å². The van der Waals surface area contributed by atoms with E-state index in [-0.39, 0.29) is 17.4 Å². The first-order valence-electron chi connectivity index (χ1n) is 8.80. The van der Waals surface area contributed by atoms with E-state index in [0.717, 1.165) is 11.3 Å². The molecule has 3 aromatic rings. The average Bonchev–Trinajstić information content (AvgIpc) is 2.69. The maximum Gasteiger partial charge on any atom is 0.234 e. The van der Waals surface area contributed by atoms with E-state index in [1.54, 1.807) is 30.3 Å². The van der Waals surface area contributed by atoms with Gasteiger partial charge >= 0.3 is 0 Å². The minimum atomic E-state index is -3.49. The largest absolute Gasteiger partial charge is 0.354 e. The third-order valence-corrected chi connectivity index (χ3v) is 5.35. The molecular formula is C21H21N3O3S. The van der Waals surface area contributed by atoms with Crippen LogP contribution in [0, 0.1) is 0 Å². The molecule has 0 aliphatic heterocycles. The number of rotatable bonds is 8. The first kappa shape index (κ1) is 19.6. The monoisotopic (exact) mass is 395 g/mol. The smallest absolute Gasteiger partial charge is 0.234 e. The highest BCUT2D eigenvalue weighted by Crippen LogP contribution is 2.19. The first-order valence-corrected chi connectivity index (χ1v) is 10.4. The molecule has 0 amide bonds. The summed E-state index contributed by atoms with van der Waals surface area (Å²) in [6.07, 6.45) is 1.97. The molecule has 0 atom stereocenters. The molecule has 0 fully saturated rings. The number of carbonyl (C=O) groups excluding carboxylic acids is 1. The second-order valence-corrected chi connectivity index (χ2v) is 8.19. The summed E-state index contributed by atoms with van der Waals surface area (Å²) in [6, 6.07) is 19.9. The Bertz CT molecular complexity index is 1050. The van der Waals surface area contributed by atoms with E-state index >= 15 is 0 Å². The van der Waals surface area contributed by atoms with Gasteiger partial charge in [0.15, 0.2) is 5.78 Å². The number of benzene rings is 2. The predicted molar refractivity (Wildman–Crippen MR) is 112 cm³/mol. The third-order valence-electron chi connectivity index (χ3n) is 4.08. The van der Waals surface area contributed by atoms with E-state index in [1.807, 2.05) is 36.4 Å². The zero-order valence-corrected chi connectivity index (χ0v) is 16.2. The summed E-state index contributed by atoms with van der Waals surface area (Å²) in [7, 11) is -3.49. The average molecular weight is 395 g/mol. The van der Waals surface area contributed by atoms with Gasteiger partial charge in [-0.3, -0.25) is 9.52 Å². The van der Waals surface area contributed by atoms with Gasteiger partial charge in [0.25, 0.3) is 0 Å². The van der Waals surface area contributed by atoms with Gasteiger partial charge in [0.05, 0.1) is 17.6 Å². The lowest BCUT2D eigenvalue weighted by Crippen LogP contribution is -2.18. The number of anilines is 3. The summed E-state index contributed by atoms with van der Waals surface area (Å²) in [5, 5.41) is 3.14. The summed E-state index contributed by atoms with van der Waals surface area (Å²) >= 11 is 0. The summed E-state index contributed by atoms with van der Waals surface area (Å²) in [5.41, 5.74) is 3.02. The van der Waals surface area contributed by atoms with Gasteiger partial charge in [-0.2, -0.15) is 0 Å². The van der Waals surface area contributed by atoms with Gasteiger partial charge in [-0.15, -0.1) is 0 Å². The van der Waals surface area contributed by atoms with Crippen LogP contribution in [0.25, 0.3) is 0 Å². The topological polar surface area (TPSA) is 88.2 Å². The SMILES string of the molecule is CC(=O)c1cccc(Nc2ccc(NS(=O)(=O)CCc3ccccc3)nc2)c1. The molecule has 0 spiro atoms. The van der Waals surface area contributed by atoms with Crippen molar-refractivity contribution in [2.75, 3.05) is 15.8 Å². The fourth-order valence-corrected chi connectivity index (χ4v) is 3.66. The molecule has 1 aromatic heterocycles. The number of ketones is 1. The first-order chi connectivity index (χ1) is 13.4. The molecule has 6 nitrogen and oxygen atoms in total. The lowest BCUT2D eigenvalue weighted by molar-refractivity contribution is 0.101. The van der Waals surface area contributed by atoms with E-state index in [0.29, 0.717) is 17.7 Å². The Morgan fingerprint density at radius 1 is 0.964 bits per heavy atom. The fraction of sp³-hybridized carbons (Fsp3) is 0.143. The van der Waals surface area contributed by atoms with E-state index < -0.39 is 10.0 Å². The van der Waals surface area contributed by atoms with Crippen LogP contribution in [0.4, 0.5) is 17.2 Å². The lowest BCUT2D eigenvalue weighted by Gasteiger charge is -2.10. The number of hydrogen-bond acceptors (Lipinski definition) is 5. The van der Waals surface area contributed by atoms with Crippen LogP contribution in [0.15, 0.2) is 72.9 Å². The fourth-order valence-electron chi connectivity index (χ4n) is 2.62. The van der Waals surface area contributed by atoms with Crippen LogP contribution < -0.4 is 10.0 Å². The molecule has 0 aliphatic carbocycles. The molecule has 2 aromatic carbocycles. The summed E-state index contributed by atoms with van der Waals surface area (Å²) in [4.78, 5) is 15.6. The van der Waals surface area contributed by atoms with Crippen LogP contribution in [0.5, 0.6) is 0 Å². The minimum absolute atomic E-state index is 0.0120. The number of carbonyl (C=O) groups is 1. The van der Waals surface area contributed by atoms with Crippen molar-refractivity contribution >= 4 is 33.0 Å². The Morgan fingerprint density at radius 2 is 1.75 bits per heavy atom. The van der Waals surface area contributed by atoms with E-state index in [9.17, 15) is 13.2 Å². The molecule has 0 saturated carbocycles. The van der Waals surface area contributed by atoms with Gasteiger partial charge in [-0.1, -0.05) is 42.5 Å². The number of hydrogen-bond donors (Lipinski definition) is 2. The number of Topliss-reactive ketones (excluding diaryl/α,β-unsaturated/α-hetero) is 1. The number of nitrogens with one attached hydrogen (secondary N) is 2. The highest BCUT2D eigenvalue weighted by molar-refractivity contribution is 7.92. The van der Waals surface area contributed by atoms with Gasteiger partial charge in [0.2, 0.25) is 10.0 Å². The molecule has 7 heteroatoms. The van der Waals surface area contributed by atoms with Gasteiger partial charge in [0, 0.05) is 11.3 Å². The van der Waals surface area contributed by atoms with E-state index in [2.05, 4.69) is 15.0 Å². The number of aromatic nitrogens is 1. The van der Waals surface area contributed by atoms with Crippen molar-refractivity contribution in [2.24, 2.45) is 0 Å². The Hall–Kier alpha value is -3.19. The molecule has 28 heavy (non-hydrogen) atoms. The van der Waals surface area contributed by atoms with E-state index in [1.165, 1.54) is 13.1 Å². The Labute approximate surface area is 164 Å². The van der Waals surface area contributed by atoms with Crippen LogP contribution in [-0.4, -0.2) is 24.9 Å². The maximum absolute atomic E-state index is 12.3. The number of nitrogens with zero attached hydrogens (tertiary/aromatic N) is 1. The maximum atomic E-state index is 12.3. The Balaban J connectivity index is 1.61. The molecule has 144 valence electrons. The van der Waals surface area contributed by atoms with Gasteiger partial charge in [-0.25, -0.2) is 13.4 Å². The Kier molecular flexibility index (Phi) is 6.06. The predicted octanol–water partition coefficient (Wildman–Crippen LogP) is 4.01. The van der Waals surface area contributed by atoms with E-state index in [4.69, 9.17) is 0 Å². The van der Waals surface area contributed by atoms with Gasteiger partial charge in [0.1, 0.15) is 5.82 Å². The third kappa shape index (κ3) is 5.65. The zero-order valence-electron chi connectivity index (χ0n) is 15.4. The Morgan fingerprint density at radius 3 is 2.43 bits per heavy atom. The lowest BCUT2D eigenvalue weighted by atomic mass is 10.1. The highest BCUT2D eigenvalue weighted by Gasteiger charge is 2.11. The van der Waals surface area contributed by atoms with Crippen LogP contribution in [0.1, 0.15) is 22.8 Å². The van der Waals surface area contributed by atoms with Crippen LogP contribution in [0.2, 0.25) is 0 Å². The molecule has 0 aliphatic rings. The number of pyridine rings is 1. The van der Waals surface area contributed by atoms with Crippen molar-refractivity contribution in [1.29, 1.82) is 0 Å². The summed E-state index contributed by atoms with van der Waals surface area (Å²) in [6.45, 7) is 1.51. The second-order valence-electron chi connectivity index (χ2n) is 6.35. The molecule has 0 saturated heterocycles. The molecule has 0 radical (unpaired) electrons. The molecule has 0 unspecified atom stereocenters. The van der Waals surface area contributed by atoms with Crippen LogP contribution in [0.3, 0.4) is 0 Å². The summed E-state index contributed by atoms with van der Waals surface area (Å²) in [5.74, 6) is 0.231. The van der Waals surface area contributed by atoms with Crippen molar-refractivity contribution in [1.82, 2.24) is 4.98 Å². The molecule has 3 rings (SSSR count). The second kappa shape index (κ2) is 8.67. The molecular weight excluding hydrogens is 374 g/mol. The molecule has 1 heterocycles. The quantitative estimate of drug-likeness (QED) is 0.563. The minimum Gasteiger partial charge on any atom is -0.354 e. The van der Waals surface area contributed by atoms with Crippen LogP contribution >= 0.6 is 0 Å². The van der Waals surface area contributed by atoms with Gasteiger partial charge < -0.3 is 5.32 Å². The van der Waals surface area contributed by atoms with Crippen molar-refractivity contribution in [3.63, 3.8) is 0 Å². The number of sulfonamides is 1. The molecule has 0 bridgehead atoms.